The molecule has 1 aliphatic heterocycles. The van der Waals surface area contributed by atoms with Crippen molar-refractivity contribution in [3.05, 3.63) is 52.3 Å². The molecule has 148 valence electrons. The number of aryl methyl sites for hydroxylation is 2. The van der Waals surface area contributed by atoms with Crippen LogP contribution in [0, 0.1) is 5.92 Å². The van der Waals surface area contributed by atoms with Crippen molar-refractivity contribution in [1.29, 1.82) is 0 Å². The summed E-state index contributed by atoms with van der Waals surface area (Å²) in [6.07, 6.45) is 5.04. The molecule has 1 atom stereocenters. The Morgan fingerprint density at radius 3 is 3.00 bits per heavy atom. The van der Waals surface area contributed by atoms with E-state index in [9.17, 15) is 9.59 Å². The highest BCUT2D eigenvalue weighted by molar-refractivity contribution is 5.98. The summed E-state index contributed by atoms with van der Waals surface area (Å²) < 4.78 is 3.37. The number of benzene rings is 1. The molecule has 0 saturated carbocycles. The fraction of sp³-hybridized carbons (Fsp3) is 0.476. The van der Waals surface area contributed by atoms with Crippen molar-refractivity contribution in [1.82, 2.24) is 24.6 Å². The summed E-state index contributed by atoms with van der Waals surface area (Å²) in [7, 11) is 0. The van der Waals surface area contributed by atoms with Crippen LogP contribution in [0.25, 0.3) is 10.9 Å². The molecule has 3 aromatic rings. The Kier molecular flexibility index (Phi) is 5.07. The first-order valence-corrected chi connectivity index (χ1v) is 10.1. The van der Waals surface area contributed by atoms with E-state index in [1.54, 1.807) is 9.25 Å². The number of carbonyl (C=O) groups excluding carboxylic acids is 1. The van der Waals surface area contributed by atoms with Crippen LogP contribution in [0.2, 0.25) is 0 Å². The van der Waals surface area contributed by atoms with E-state index in [-0.39, 0.29) is 17.6 Å². The van der Waals surface area contributed by atoms with Crippen molar-refractivity contribution in [3.8, 4) is 0 Å². The summed E-state index contributed by atoms with van der Waals surface area (Å²) in [5.41, 5.74) is 1.65. The fourth-order valence-electron chi connectivity index (χ4n) is 3.76. The molecule has 0 radical (unpaired) electrons. The Hall–Kier alpha value is -2.83. The monoisotopic (exact) mass is 381 g/mol. The number of hydrogen-bond donors (Lipinski definition) is 2. The Morgan fingerprint density at radius 1 is 1.32 bits per heavy atom. The molecular formula is C21H27N5O2. The molecule has 4 rings (SSSR count). The van der Waals surface area contributed by atoms with Gasteiger partial charge >= 0.3 is 5.69 Å². The van der Waals surface area contributed by atoms with E-state index in [1.807, 2.05) is 30.5 Å². The molecule has 1 unspecified atom stereocenters. The van der Waals surface area contributed by atoms with Crippen molar-refractivity contribution in [2.75, 3.05) is 0 Å². The van der Waals surface area contributed by atoms with Gasteiger partial charge in [-0.3, -0.25) is 9.36 Å². The molecule has 0 bridgehead atoms. The van der Waals surface area contributed by atoms with E-state index < -0.39 is 0 Å². The van der Waals surface area contributed by atoms with Crippen molar-refractivity contribution in [2.45, 2.75) is 58.7 Å². The number of fused-ring (bicyclic) bond motifs is 2. The summed E-state index contributed by atoms with van der Waals surface area (Å²) in [6, 6.07) is 7.66. The maximum Gasteiger partial charge on any atom is 0.345 e. The molecule has 0 aliphatic carbocycles. The van der Waals surface area contributed by atoms with Crippen LogP contribution in [-0.4, -0.2) is 31.3 Å². The van der Waals surface area contributed by atoms with Crippen LogP contribution < -0.4 is 11.0 Å². The second kappa shape index (κ2) is 7.66. The Labute approximate surface area is 163 Å². The highest BCUT2D eigenvalue weighted by Gasteiger charge is 2.22. The molecule has 1 aliphatic rings. The first kappa shape index (κ1) is 18.5. The molecule has 1 aromatic carbocycles. The topological polar surface area (TPSA) is 84.7 Å². The standard InChI is InChI=1S/C21H27N5O2/c1-14(2)8-12-26-21(28)25-11-9-17(4-6-19(25)24-26)23-20(27)16-3-5-18-15(13-16)7-10-22-18/h3,5,7,10,13-14,17,22H,4,6,8-9,11-12H2,1-2H3,(H,23,27). The van der Waals surface area contributed by atoms with E-state index in [0.717, 1.165) is 36.0 Å². The van der Waals surface area contributed by atoms with Gasteiger partial charge in [0.2, 0.25) is 0 Å². The first-order valence-electron chi connectivity index (χ1n) is 10.1. The average molecular weight is 381 g/mol. The summed E-state index contributed by atoms with van der Waals surface area (Å²) in [4.78, 5) is 28.4. The summed E-state index contributed by atoms with van der Waals surface area (Å²) in [6.45, 7) is 5.55. The predicted octanol–water partition coefficient (Wildman–Crippen LogP) is 2.71. The first-order chi connectivity index (χ1) is 13.5. The number of nitrogens with zero attached hydrogens (tertiary/aromatic N) is 3. The van der Waals surface area contributed by atoms with Crippen LogP contribution in [0.5, 0.6) is 0 Å². The largest absolute Gasteiger partial charge is 0.361 e. The normalized spacial score (nSPS) is 16.9. The quantitative estimate of drug-likeness (QED) is 0.713. The molecule has 2 aromatic heterocycles. The minimum Gasteiger partial charge on any atom is -0.361 e. The Bertz CT molecular complexity index is 1040. The second-order valence-electron chi connectivity index (χ2n) is 8.03. The SMILES string of the molecule is CC(C)CCn1nc2n(c1=O)CCC(NC(=O)c1ccc3[nH]ccc3c1)CC2. The third-order valence-electron chi connectivity index (χ3n) is 5.49. The van der Waals surface area contributed by atoms with Crippen molar-refractivity contribution in [2.24, 2.45) is 5.92 Å². The van der Waals surface area contributed by atoms with Gasteiger partial charge in [-0.15, -0.1) is 0 Å². The van der Waals surface area contributed by atoms with Gasteiger partial charge in [0.05, 0.1) is 0 Å². The number of amides is 1. The highest BCUT2D eigenvalue weighted by atomic mass is 16.2. The number of nitrogens with one attached hydrogen (secondary N) is 2. The zero-order valence-corrected chi connectivity index (χ0v) is 16.4. The molecule has 1 amide bonds. The van der Waals surface area contributed by atoms with E-state index in [2.05, 4.69) is 29.2 Å². The van der Waals surface area contributed by atoms with Gasteiger partial charge in [-0.1, -0.05) is 13.8 Å². The van der Waals surface area contributed by atoms with Crippen LogP contribution in [0.3, 0.4) is 0 Å². The lowest BCUT2D eigenvalue weighted by atomic mass is 10.1. The van der Waals surface area contributed by atoms with Gasteiger partial charge < -0.3 is 10.3 Å². The molecule has 3 heterocycles. The van der Waals surface area contributed by atoms with Gasteiger partial charge in [0.1, 0.15) is 5.82 Å². The van der Waals surface area contributed by atoms with Gasteiger partial charge in [-0.25, -0.2) is 9.48 Å². The highest BCUT2D eigenvalue weighted by Crippen LogP contribution is 2.16. The third kappa shape index (κ3) is 3.74. The molecular weight excluding hydrogens is 354 g/mol. The molecule has 7 nitrogen and oxygen atoms in total. The fourth-order valence-corrected chi connectivity index (χ4v) is 3.76. The molecule has 0 saturated heterocycles. The van der Waals surface area contributed by atoms with Crippen LogP contribution in [0.15, 0.2) is 35.3 Å². The van der Waals surface area contributed by atoms with E-state index in [1.165, 1.54) is 0 Å². The van der Waals surface area contributed by atoms with Gasteiger partial charge in [-0.2, -0.15) is 5.10 Å². The van der Waals surface area contributed by atoms with Gasteiger partial charge in [0.25, 0.3) is 5.91 Å². The van der Waals surface area contributed by atoms with Gasteiger partial charge in [-0.05, 0) is 49.4 Å². The van der Waals surface area contributed by atoms with Crippen LogP contribution in [0.1, 0.15) is 49.3 Å². The zero-order chi connectivity index (χ0) is 19.7. The summed E-state index contributed by atoms with van der Waals surface area (Å²) in [5.74, 6) is 1.31. The van der Waals surface area contributed by atoms with Crippen molar-refractivity contribution < 1.29 is 4.79 Å². The van der Waals surface area contributed by atoms with Crippen molar-refractivity contribution in [3.63, 3.8) is 0 Å². The lowest BCUT2D eigenvalue weighted by molar-refractivity contribution is 0.0933. The maximum atomic E-state index is 12.7. The Morgan fingerprint density at radius 2 is 2.18 bits per heavy atom. The molecule has 0 spiro atoms. The maximum absolute atomic E-state index is 12.7. The number of aromatic nitrogens is 4. The smallest absolute Gasteiger partial charge is 0.345 e. The Balaban J connectivity index is 1.41. The van der Waals surface area contributed by atoms with Crippen LogP contribution >= 0.6 is 0 Å². The van der Waals surface area contributed by atoms with E-state index in [0.29, 0.717) is 31.0 Å². The van der Waals surface area contributed by atoms with E-state index >= 15 is 0 Å². The summed E-state index contributed by atoms with van der Waals surface area (Å²) >= 11 is 0. The second-order valence-corrected chi connectivity index (χ2v) is 8.03. The lowest BCUT2D eigenvalue weighted by Gasteiger charge is -2.16. The predicted molar refractivity (Wildman–Crippen MR) is 108 cm³/mol. The van der Waals surface area contributed by atoms with Crippen LogP contribution in [0.4, 0.5) is 0 Å². The number of rotatable bonds is 5. The summed E-state index contributed by atoms with van der Waals surface area (Å²) in [5, 5.41) is 8.69. The number of H-pyrrole nitrogens is 1. The molecule has 28 heavy (non-hydrogen) atoms. The van der Waals surface area contributed by atoms with Gasteiger partial charge in [0.15, 0.2) is 0 Å². The zero-order valence-electron chi connectivity index (χ0n) is 16.4. The van der Waals surface area contributed by atoms with Crippen molar-refractivity contribution >= 4 is 16.8 Å². The minimum atomic E-state index is -0.0676. The molecule has 0 fully saturated rings. The van der Waals surface area contributed by atoms with Crippen LogP contribution in [-0.2, 0) is 19.5 Å². The number of aromatic amines is 1. The average Bonchev–Trinajstić information content (AvgIpc) is 3.20. The third-order valence-corrected chi connectivity index (χ3v) is 5.49. The molecule has 2 N–H and O–H groups in total. The number of carbonyl (C=O) groups is 1. The molecule has 7 heteroatoms. The number of hydrogen-bond acceptors (Lipinski definition) is 3. The lowest BCUT2D eigenvalue weighted by Crippen LogP contribution is -2.35. The van der Waals surface area contributed by atoms with E-state index in [4.69, 9.17) is 0 Å². The van der Waals surface area contributed by atoms with Gasteiger partial charge in [0, 0.05) is 48.2 Å². The minimum absolute atomic E-state index is 0.0273.